The van der Waals surface area contributed by atoms with Gasteiger partial charge in [-0.05, 0) is 5.41 Å². The van der Waals surface area contributed by atoms with E-state index in [-0.39, 0.29) is 23.2 Å². The van der Waals surface area contributed by atoms with E-state index < -0.39 is 12.1 Å². The second-order valence-electron chi connectivity index (χ2n) is 4.02. The maximum Gasteiger partial charge on any atom is 0.345 e. The number of carbonyl (C=O) groups is 2. The van der Waals surface area contributed by atoms with E-state index >= 15 is 0 Å². The van der Waals surface area contributed by atoms with E-state index in [2.05, 4.69) is 4.74 Å². The number of hydrogen-bond donors (Lipinski definition) is 1. The zero-order valence-electron chi connectivity index (χ0n) is 6.90. The van der Waals surface area contributed by atoms with Gasteiger partial charge in [0.1, 0.15) is 0 Å². The molecule has 4 heteroatoms. The van der Waals surface area contributed by atoms with Crippen molar-refractivity contribution in [1.29, 1.82) is 0 Å². The fourth-order valence-electron chi connectivity index (χ4n) is 2.17. The van der Waals surface area contributed by atoms with Crippen molar-refractivity contribution in [1.82, 2.24) is 0 Å². The molecule has 12 heavy (non-hydrogen) atoms. The highest BCUT2D eigenvalue weighted by Gasteiger charge is 2.72. The van der Waals surface area contributed by atoms with E-state index in [9.17, 15) is 9.59 Å². The summed E-state index contributed by atoms with van der Waals surface area (Å²) in [5.41, 5.74) is -0.168. The summed E-state index contributed by atoms with van der Waals surface area (Å²) >= 11 is 0. The van der Waals surface area contributed by atoms with Crippen LogP contribution in [0.15, 0.2) is 0 Å². The fraction of sp³-hybridized carbons (Fsp3) is 0.750. The summed E-state index contributed by atoms with van der Waals surface area (Å²) in [5.74, 6) is -1.67. The van der Waals surface area contributed by atoms with Gasteiger partial charge in [0.15, 0.2) is 0 Å². The van der Waals surface area contributed by atoms with Crippen LogP contribution < -0.4 is 0 Å². The first-order valence-corrected chi connectivity index (χ1v) is 3.89. The van der Waals surface area contributed by atoms with E-state index in [1.807, 2.05) is 13.8 Å². The smallest absolute Gasteiger partial charge is 0.345 e. The third-order valence-corrected chi connectivity index (χ3v) is 2.98. The molecule has 1 aliphatic heterocycles. The molecule has 0 radical (unpaired) electrons. The summed E-state index contributed by atoms with van der Waals surface area (Å²) in [6.07, 6.45) is -0.905. The maximum absolute atomic E-state index is 11.1. The van der Waals surface area contributed by atoms with Crippen LogP contribution in [0, 0.1) is 17.3 Å². The highest BCUT2D eigenvalue weighted by Crippen LogP contribution is 2.64. The minimum absolute atomic E-state index is 0.109. The molecule has 4 nitrogen and oxygen atoms in total. The lowest BCUT2D eigenvalue weighted by molar-refractivity contribution is -0.162. The Kier molecular flexibility index (Phi) is 1.14. The van der Waals surface area contributed by atoms with E-state index in [4.69, 9.17) is 5.11 Å². The Morgan fingerprint density at radius 2 is 2.17 bits per heavy atom. The first-order chi connectivity index (χ1) is 5.46. The molecule has 0 bridgehead atoms. The largest absolute Gasteiger partial charge is 0.478 e. The number of cyclic esters (lactones) is 1. The molecule has 1 N–H and O–H groups in total. The first-order valence-electron chi connectivity index (χ1n) is 3.89. The summed E-state index contributed by atoms with van der Waals surface area (Å²) in [6, 6.07) is 0. The zero-order chi connectivity index (χ0) is 9.09. The van der Waals surface area contributed by atoms with Crippen LogP contribution in [0.1, 0.15) is 13.8 Å². The minimum atomic E-state index is -1.03. The first kappa shape index (κ1) is 7.58. The highest BCUT2D eigenvalue weighted by molar-refractivity contribution is 5.88. The quantitative estimate of drug-likeness (QED) is 0.573. The van der Waals surface area contributed by atoms with Crippen molar-refractivity contribution in [2.75, 3.05) is 0 Å². The van der Waals surface area contributed by atoms with Crippen LogP contribution in [0.4, 0.5) is 0 Å². The van der Waals surface area contributed by atoms with E-state index in [1.54, 1.807) is 0 Å². The third kappa shape index (κ3) is 0.673. The number of esters is 1. The number of carboxylic acid groups (broad SMARTS) is 1. The summed E-state index contributed by atoms with van der Waals surface area (Å²) in [4.78, 5) is 21.7. The molecule has 1 heterocycles. The topological polar surface area (TPSA) is 63.6 Å². The van der Waals surface area contributed by atoms with Crippen molar-refractivity contribution in [3.63, 3.8) is 0 Å². The third-order valence-electron chi connectivity index (χ3n) is 2.98. The molecule has 0 unspecified atom stereocenters. The SMILES string of the molecule is CC1(C)[C@H]2[C@@H](C(=O)O)OC(=O)[C@H]21. The van der Waals surface area contributed by atoms with Gasteiger partial charge in [-0.2, -0.15) is 0 Å². The van der Waals surface area contributed by atoms with Crippen molar-refractivity contribution in [3.05, 3.63) is 0 Å². The number of carbonyl (C=O) groups excluding carboxylic acids is 1. The Morgan fingerprint density at radius 1 is 1.58 bits per heavy atom. The van der Waals surface area contributed by atoms with Gasteiger partial charge in [0.05, 0.1) is 5.92 Å². The van der Waals surface area contributed by atoms with Crippen molar-refractivity contribution in [2.24, 2.45) is 17.3 Å². The van der Waals surface area contributed by atoms with Crippen molar-refractivity contribution < 1.29 is 19.4 Å². The van der Waals surface area contributed by atoms with E-state index in [0.717, 1.165) is 0 Å². The molecule has 0 amide bonds. The van der Waals surface area contributed by atoms with E-state index in [0.29, 0.717) is 0 Å². The number of hydrogen-bond acceptors (Lipinski definition) is 3. The molecule has 2 aliphatic rings. The van der Waals surface area contributed by atoms with Crippen molar-refractivity contribution >= 4 is 11.9 Å². The Hall–Kier alpha value is -1.06. The summed E-state index contributed by atoms with van der Waals surface area (Å²) in [5, 5.41) is 8.68. The molecule has 1 saturated carbocycles. The number of rotatable bonds is 1. The van der Waals surface area contributed by atoms with Gasteiger partial charge in [-0.25, -0.2) is 4.79 Å². The van der Waals surface area contributed by atoms with Crippen LogP contribution in [0.2, 0.25) is 0 Å². The Balaban J connectivity index is 2.25. The lowest BCUT2D eigenvalue weighted by Crippen LogP contribution is -2.27. The molecule has 3 atom stereocenters. The molecule has 1 aliphatic carbocycles. The van der Waals surface area contributed by atoms with Gasteiger partial charge in [0.25, 0.3) is 0 Å². The lowest BCUT2D eigenvalue weighted by atomic mass is 10.0. The molecule has 66 valence electrons. The van der Waals surface area contributed by atoms with Gasteiger partial charge >= 0.3 is 11.9 Å². The lowest BCUT2D eigenvalue weighted by Gasteiger charge is -2.13. The summed E-state index contributed by atoms with van der Waals surface area (Å²) in [7, 11) is 0. The standard InChI is InChI=1S/C8H10O4/c1-8(2)3-4(8)7(11)12-5(3)6(9)10/h3-5H,1-2H3,(H,9,10)/t3-,4+,5+/m1/s1. The number of aliphatic carboxylic acids is 1. The average Bonchev–Trinajstić information content (AvgIpc) is 2.37. The second kappa shape index (κ2) is 1.81. The average molecular weight is 170 g/mol. The molecule has 2 rings (SSSR count). The van der Waals surface area contributed by atoms with Gasteiger partial charge in [0, 0.05) is 5.92 Å². The monoisotopic (exact) mass is 170 g/mol. The summed E-state index contributed by atoms with van der Waals surface area (Å²) < 4.78 is 4.68. The van der Waals surface area contributed by atoms with Crippen LogP contribution in [0.5, 0.6) is 0 Å². The molecule has 2 fully saturated rings. The van der Waals surface area contributed by atoms with Gasteiger partial charge in [-0.15, -0.1) is 0 Å². The molecule has 0 spiro atoms. The summed E-state index contributed by atoms with van der Waals surface area (Å²) in [6.45, 7) is 3.80. The number of fused-ring (bicyclic) bond motifs is 1. The second-order valence-corrected chi connectivity index (χ2v) is 4.02. The fourth-order valence-corrected chi connectivity index (χ4v) is 2.17. The molecular formula is C8H10O4. The normalized spacial score (nSPS) is 41.8. The Morgan fingerprint density at radius 3 is 2.42 bits per heavy atom. The van der Waals surface area contributed by atoms with Crippen LogP contribution in [-0.2, 0) is 14.3 Å². The van der Waals surface area contributed by atoms with Crippen LogP contribution in [0.3, 0.4) is 0 Å². The molecule has 0 aromatic heterocycles. The van der Waals surface area contributed by atoms with Gasteiger partial charge < -0.3 is 9.84 Å². The molecular weight excluding hydrogens is 160 g/mol. The predicted octanol–water partition coefficient (Wildman–Crippen LogP) is 0.269. The van der Waals surface area contributed by atoms with Gasteiger partial charge in [-0.3, -0.25) is 4.79 Å². The molecule has 0 aromatic rings. The predicted molar refractivity (Wildman–Crippen MR) is 38.3 cm³/mol. The Labute approximate surface area is 69.5 Å². The van der Waals surface area contributed by atoms with Crippen LogP contribution in [0.25, 0.3) is 0 Å². The van der Waals surface area contributed by atoms with E-state index in [1.165, 1.54) is 0 Å². The van der Waals surface area contributed by atoms with Crippen molar-refractivity contribution in [3.8, 4) is 0 Å². The molecule has 1 saturated heterocycles. The highest BCUT2D eigenvalue weighted by atomic mass is 16.6. The zero-order valence-corrected chi connectivity index (χ0v) is 6.90. The van der Waals surface area contributed by atoms with Gasteiger partial charge in [-0.1, -0.05) is 13.8 Å². The van der Waals surface area contributed by atoms with Crippen molar-refractivity contribution in [2.45, 2.75) is 20.0 Å². The van der Waals surface area contributed by atoms with Crippen LogP contribution in [-0.4, -0.2) is 23.1 Å². The van der Waals surface area contributed by atoms with Crippen LogP contribution >= 0.6 is 0 Å². The van der Waals surface area contributed by atoms with Gasteiger partial charge in [0.2, 0.25) is 6.10 Å². The molecule has 0 aromatic carbocycles. The maximum atomic E-state index is 11.1. The Bertz CT molecular complexity index is 268. The number of ether oxygens (including phenoxy) is 1. The minimum Gasteiger partial charge on any atom is -0.478 e. The number of carboxylic acids is 1.